The third-order valence-electron chi connectivity index (χ3n) is 5.65. The third-order valence-corrected chi connectivity index (χ3v) is 5.65. The number of hydrogen-bond donors (Lipinski definition) is 1. The number of rotatable bonds is 2. The van der Waals surface area contributed by atoms with E-state index in [2.05, 4.69) is 20.8 Å². The zero-order chi connectivity index (χ0) is 13.2. The summed E-state index contributed by atoms with van der Waals surface area (Å²) in [7, 11) is 0. The molecule has 3 atom stereocenters. The number of hydrogen-bond acceptors (Lipinski definition) is 1. The van der Waals surface area contributed by atoms with Crippen LogP contribution in [0.2, 0.25) is 0 Å². The maximum atomic E-state index is 11.4. The van der Waals surface area contributed by atoms with Crippen LogP contribution >= 0.6 is 0 Å². The zero-order valence-corrected chi connectivity index (χ0v) is 12.6. The van der Waals surface area contributed by atoms with E-state index in [1.165, 1.54) is 51.4 Å². The first-order valence-electron chi connectivity index (χ1n) is 8.26. The molecule has 0 bridgehead atoms. The van der Waals surface area contributed by atoms with E-state index in [9.17, 15) is 5.11 Å². The highest BCUT2D eigenvalue weighted by atomic mass is 16.3. The summed E-state index contributed by atoms with van der Waals surface area (Å²) in [5.74, 6) is 2.46. The maximum absolute atomic E-state index is 11.4. The molecule has 0 aliphatic heterocycles. The molecule has 2 aliphatic carbocycles. The Bertz CT molecular complexity index is 252. The van der Waals surface area contributed by atoms with Crippen molar-refractivity contribution in [1.82, 2.24) is 0 Å². The Morgan fingerprint density at radius 1 is 0.944 bits per heavy atom. The van der Waals surface area contributed by atoms with E-state index in [4.69, 9.17) is 0 Å². The highest BCUT2D eigenvalue weighted by Crippen LogP contribution is 2.48. The molecule has 0 heterocycles. The molecular weight excluding hydrogens is 220 g/mol. The highest BCUT2D eigenvalue weighted by molar-refractivity contribution is 4.98. The van der Waals surface area contributed by atoms with Gasteiger partial charge in [-0.1, -0.05) is 52.9 Å². The van der Waals surface area contributed by atoms with Gasteiger partial charge >= 0.3 is 0 Å². The van der Waals surface area contributed by atoms with Gasteiger partial charge in [0.2, 0.25) is 0 Å². The summed E-state index contributed by atoms with van der Waals surface area (Å²) in [5.41, 5.74) is -0.351. The fourth-order valence-electron chi connectivity index (χ4n) is 4.68. The van der Waals surface area contributed by atoms with Crippen LogP contribution in [0.1, 0.15) is 78.6 Å². The average molecular weight is 252 g/mol. The summed E-state index contributed by atoms with van der Waals surface area (Å²) in [5, 5.41) is 11.4. The molecule has 2 aliphatic rings. The van der Waals surface area contributed by atoms with Crippen molar-refractivity contribution in [2.24, 2.45) is 23.7 Å². The van der Waals surface area contributed by atoms with Gasteiger partial charge < -0.3 is 5.11 Å². The summed E-state index contributed by atoms with van der Waals surface area (Å²) in [6.07, 6.45) is 11.6. The van der Waals surface area contributed by atoms with Crippen molar-refractivity contribution in [3.8, 4) is 0 Å². The minimum absolute atomic E-state index is 0.351. The Kier molecular flexibility index (Phi) is 4.75. The molecule has 1 N–H and O–H groups in total. The van der Waals surface area contributed by atoms with E-state index in [1.54, 1.807) is 0 Å². The zero-order valence-electron chi connectivity index (χ0n) is 12.6. The Morgan fingerprint density at radius 2 is 1.56 bits per heavy atom. The molecule has 1 nitrogen and oxygen atoms in total. The largest absolute Gasteiger partial charge is 0.389 e. The SMILES string of the molecule is CC1CCC(C(C)C)C(O)(C2CCCCCC2)C1. The van der Waals surface area contributed by atoms with E-state index in [-0.39, 0.29) is 5.60 Å². The molecule has 2 rings (SSSR count). The van der Waals surface area contributed by atoms with Crippen LogP contribution in [0.5, 0.6) is 0 Å². The predicted octanol–water partition coefficient (Wildman–Crippen LogP) is 4.78. The molecule has 0 aromatic carbocycles. The van der Waals surface area contributed by atoms with Gasteiger partial charge in [-0.2, -0.15) is 0 Å². The summed E-state index contributed by atoms with van der Waals surface area (Å²) >= 11 is 0. The third kappa shape index (κ3) is 2.92. The molecule has 0 aromatic rings. The van der Waals surface area contributed by atoms with Crippen LogP contribution in [0.15, 0.2) is 0 Å². The second-order valence-corrected chi connectivity index (χ2v) is 7.42. The minimum Gasteiger partial charge on any atom is -0.389 e. The molecule has 2 saturated carbocycles. The van der Waals surface area contributed by atoms with Crippen LogP contribution in [0.4, 0.5) is 0 Å². The minimum atomic E-state index is -0.351. The van der Waals surface area contributed by atoms with E-state index < -0.39 is 0 Å². The average Bonchev–Trinajstić information content (AvgIpc) is 2.57. The monoisotopic (exact) mass is 252 g/mol. The molecule has 0 spiro atoms. The van der Waals surface area contributed by atoms with Gasteiger partial charge in [0, 0.05) is 0 Å². The van der Waals surface area contributed by atoms with Crippen molar-refractivity contribution in [3.05, 3.63) is 0 Å². The fraction of sp³-hybridized carbons (Fsp3) is 1.00. The van der Waals surface area contributed by atoms with Crippen LogP contribution in [-0.2, 0) is 0 Å². The quantitative estimate of drug-likeness (QED) is 0.701. The van der Waals surface area contributed by atoms with Crippen LogP contribution in [0.25, 0.3) is 0 Å². The molecule has 3 unspecified atom stereocenters. The molecule has 1 heteroatoms. The van der Waals surface area contributed by atoms with Gasteiger partial charge in [-0.3, -0.25) is 0 Å². The summed E-state index contributed by atoms with van der Waals surface area (Å²) in [6, 6.07) is 0. The molecular formula is C17H32O. The topological polar surface area (TPSA) is 20.2 Å². The predicted molar refractivity (Wildman–Crippen MR) is 77.5 cm³/mol. The van der Waals surface area contributed by atoms with Gasteiger partial charge in [-0.15, -0.1) is 0 Å². The fourth-order valence-corrected chi connectivity index (χ4v) is 4.68. The van der Waals surface area contributed by atoms with Gasteiger partial charge in [0.25, 0.3) is 0 Å². The molecule has 0 aromatic heterocycles. The van der Waals surface area contributed by atoms with Crippen LogP contribution in [0, 0.1) is 23.7 Å². The van der Waals surface area contributed by atoms with E-state index in [1.807, 2.05) is 0 Å². The second kappa shape index (κ2) is 5.94. The maximum Gasteiger partial charge on any atom is 0.0708 e. The van der Waals surface area contributed by atoms with E-state index in [0.717, 1.165) is 6.42 Å². The van der Waals surface area contributed by atoms with Crippen molar-refractivity contribution in [2.45, 2.75) is 84.2 Å². The normalized spacial score (nSPS) is 39.8. The molecule has 0 saturated heterocycles. The molecule has 106 valence electrons. The lowest BCUT2D eigenvalue weighted by Crippen LogP contribution is -2.51. The van der Waals surface area contributed by atoms with E-state index in [0.29, 0.717) is 23.7 Å². The lowest BCUT2D eigenvalue weighted by atomic mass is 9.60. The standard InChI is InChI=1S/C17H32O/c1-13(2)16-11-10-14(3)12-17(16,18)15-8-6-4-5-7-9-15/h13-16,18H,4-12H2,1-3H3. The Hall–Kier alpha value is -0.0400. The molecule has 0 amide bonds. The van der Waals surface area contributed by atoms with Gasteiger partial charge in [-0.25, -0.2) is 0 Å². The first kappa shape index (κ1) is 14.4. The Labute approximate surface area is 113 Å². The first-order valence-corrected chi connectivity index (χ1v) is 8.26. The van der Waals surface area contributed by atoms with Crippen LogP contribution < -0.4 is 0 Å². The van der Waals surface area contributed by atoms with Crippen LogP contribution in [-0.4, -0.2) is 10.7 Å². The van der Waals surface area contributed by atoms with Crippen molar-refractivity contribution >= 4 is 0 Å². The van der Waals surface area contributed by atoms with Crippen LogP contribution in [0.3, 0.4) is 0 Å². The number of aliphatic hydroxyl groups is 1. The summed E-state index contributed by atoms with van der Waals surface area (Å²) in [6.45, 7) is 6.95. The molecule has 0 radical (unpaired) electrons. The first-order chi connectivity index (χ1) is 8.54. The molecule has 2 fully saturated rings. The van der Waals surface area contributed by atoms with Gasteiger partial charge in [-0.05, 0) is 49.4 Å². The molecule has 18 heavy (non-hydrogen) atoms. The van der Waals surface area contributed by atoms with E-state index >= 15 is 0 Å². The van der Waals surface area contributed by atoms with Crippen molar-refractivity contribution < 1.29 is 5.11 Å². The van der Waals surface area contributed by atoms with Crippen molar-refractivity contribution in [1.29, 1.82) is 0 Å². The van der Waals surface area contributed by atoms with Gasteiger partial charge in [0.1, 0.15) is 0 Å². The second-order valence-electron chi connectivity index (χ2n) is 7.42. The highest BCUT2D eigenvalue weighted by Gasteiger charge is 2.47. The van der Waals surface area contributed by atoms with Gasteiger partial charge in [0.15, 0.2) is 0 Å². The lowest BCUT2D eigenvalue weighted by Gasteiger charge is -2.49. The van der Waals surface area contributed by atoms with Crippen molar-refractivity contribution in [3.63, 3.8) is 0 Å². The Balaban J connectivity index is 2.16. The summed E-state index contributed by atoms with van der Waals surface area (Å²) in [4.78, 5) is 0. The summed E-state index contributed by atoms with van der Waals surface area (Å²) < 4.78 is 0. The lowest BCUT2D eigenvalue weighted by molar-refractivity contribution is -0.125. The van der Waals surface area contributed by atoms with Gasteiger partial charge in [0.05, 0.1) is 5.60 Å². The van der Waals surface area contributed by atoms with Crippen molar-refractivity contribution in [2.75, 3.05) is 0 Å². The Morgan fingerprint density at radius 3 is 2.11 bits per heavy atom. The smallest absolute Gasteiger partial charge is 0.0708 e.